The molecule has 6 heteroatoms. The molecule has 6 nitrogen and oxygen atoms in total. The standard InChI is InChI=1S/C12H15N5O/c1-8(2)10-4-6-17(15-10)11-7-14-5-3-9(11)12(13)16-18/h3-8,18H,1-2H3,(H2,13,16). The van der Waals surface area contributed by atoms with E-state index in [1.165, 1.54) is 0 Å². The summed E-state index contributed by atoms with van der Waals surface area (Å²) in [6.07, 6.45) is 5.05. The van der Waals surface area contributed by atoms with Gasteiger partial charge >= 0.3 is 0 Å². The highest BCUT2D eigenvalue weighted by Crippen LogP contribution is 2.16. The first-order valence-electron chi connectivity index (χ1n) is 5.61. The summed E-state index contributed by atoms with van der Waals surface area (Å²) in [5.74, 6) is 0.379. The van der Waals surface area contributed by atoms with Gasteiger partial charge in [-0.2, -0.15) is 5.10 Å². The third-order valence-electron chi connectivity index (χ3n) is 2.63. The van der Waals surface area contributed by atoms with E-state index in [0.29, 0.717) is 17.2 Å². The van der Waals surface area contributed by atoms with Crippen LogP contribution < -0.4 is 5.73 Å². The fourth-order valence-corrected chi connectivity index (χ4v) is 1.62. The number of rotatable bonds is 3. The van der Waals surface area contributed by atoms with Gasteiger partial charge in [-0.15, -0.1) is 0 Å². The Morgan fingerprint density at radius 2 is 2.22 bits per heavy atom. The summed E-state index contributed by atoms with van der Waals surface area (Å²) in [6.45, 7) is 4.14. The van der Waals surface area contributed by atoms with Crippen molar-refractivity contribution in [3.63, 3.8) is 0 Å². The van der Waals surface area contributed by atoms with Gasteiger partial charge in [0.1, 0.15) is 0 Å². The monoisotopic (exact) mass is 245 g/mol. The van der Waals surface area contributed by atoms with E-state index in [2.05, 4.69) is 29.1 Å². The highest BCUT2D eigenvalue weighted by molar-refractivity contribution is 6.00. The van der Waals surface area contributed by atoms with Crippen molar-refractivity contribution in [2.45, 2.75) is 19.8 Å². The van der Waals surface area contributed by atoms with Crippen LogP contribution in [0.1, 0.15) is 31.0 Å². The Balaban J connectivity index is 2.50. The highest BCUT2D eigenvalue weighted by Gasteiger charge is 2.11. The molecule has 2 heterocycles. The Hall–Kier alpha value is -2.37. The number of hydrogen-bond acceptors (Lipinski definition) is 4. The lowest BCUT2D eigenvalue weighted by molar-refractivity contribution is 0.318. The van der Waals surface area contributed by atoms with Crippen LogP contribution in [0, 0.1) is 0 Å². The summed E-state index contributed by atoms with van der Waals surface area (Å²) < 4.78 is 1.68. The summed E-state index contributed by atoms with van der Waals surface area (Å²) >= 11 is 0. The van der Waals surface area contributed by atoms with Gasteiger partial charge in [0.25, 0.3) is 0 Å². The van der Waals surface area contributed by atoms with Crippen LogP contribution in [0.2, 0.25) is 0 Å². The van der Waals surface area contributed by atoms with E-state index in [1.807, 2.05) is 12.3 Å². The third-order valence-corrected chi connectivity index (χ3v) is 2.63. The Labute approximate surface area is 105 Å². The van der Waals surface area contributed by atoms with Crippen molar-refractivity contribution in [1.82, 2.24) is 14.8 Å². The lowest BCUT2D eigenvalue weighted by Gasteiger charge is -2.07. The molecule has 94 valence electrons. The van der Waals surface area contributed by atoms with Crippen molar-refractivity contribution in [3.05, 3.63) is 42.0 Å². The molecule has 3 N–H and O–H groups in total. The second-order valence-electron chi connectivity index (χ2n) is 4.22. The van der Waals surface area contributed by atoms with E-state index in [0.717, 1.165) is 5.69 Å². The largest absolute Gasteiger partial charge is 0.409 e. The van der Waals surface area contributed by atoms with Crippen LogP contribution in [0.3, 0.4) is 0 Å². The summed E-state index contributed by atoms with van der Waals surface area (Å²) in [5.41, 5.74) is 7.88. The van der Waals surface area contributed by atoms with Crippen LogP contribution in [0.15, 0.2) is 35.9 Å². The van der Waals surface area contributed by atoms with Crippen LogP contribution >= 0.6 is 0 Å². The maximum Gasteiger partial charge on any atom is 0.172 e. The van der Waals surface area contributed by atoms with Crippen molar-refractivity contribution in [1.29, 1.82) is 0 Å². The molecule has 0 atom stereocenters. The maximum atomic E-state index is 8.77. The molecule has 0 fully saturated rings. The highest BCUT2D eigenvalue weighted by atomic mass is 16.4. The molecule has 2 aromatic heterocycles. The lowest BCUT2D eigenvalue weighted by Crippen LogP contribution is -2.16. The average Bonchev–Trinajstić information content (AvgIpc) is 2.87. The minimum Gasteiger partial charge on any atom is -0.409 e. The van der Waals surface area contributed by atoms with E-state index in [9.17, 15) is 0 Å². The van der Waals surface area contributed by atoms with Gasteiger partial charge < -0.3 is 10.9 Å². The maximum absolute atomic E-state index is 8.77. The van der Waals surface area contributed by atoms with Crippen molar-refractivity contribution in [2.75, 3.05) is 0 Å². The first-order valence-corrected chi connectivity index (χ1v) is 5.61. The third kappa shape index (κ3) is 2.17. The Bertz CT molecular complexity index is 573. The zero-order valence-electron chi connectivity index (χ0n) is 10.3. The number of nitrogens with two attached hydrogens (primary N) is 1. The minimum atomic E-state index is 0.0361. The van der Waals surface area contributed by atoms with Gasteiger partial charge in [0, 0.05) is 18.0 Å². The molecule has 0 spiro atoms. The summed E-state index contributed by atoms with van der Waals surface area (Å²) in [4.78, 5) is 4.04. The second-order valence-corrected chi connectivity index (χ2v) is 4.22. The molecule has 0 aromatic carbocycles. The first kappa shape index (κ1) is 12.1. The topological polar surface area (TPSA) is 89.3 Å². The van der Waals surface area contributed by atoms with Gasteiger partial charge in [-0.25, -0.2) is 4.68 Å². The molecule has 0 saturated heterocycles. The van der Waals surface area contributed by atoms with Crippen molar-refractivity contribution in [2.24, 2.45) is 10.9 Å². The zero-order chi connectivity index (χ0) is 13.1. The van der Waals surface area contributed by atoms with Gasteiger partial charge in [-0.05, 0) is 18.1 Å². The molecule has 18 heavy (non-hydrogen) atoms. The minimum absolute atomic E-state index is 0.0361. The summed E-state index contributed by atoms with van der Waals surface area (Å²) in [7, 11) is 0. The van der Waals surface area contributed by atoms with Crippen LogP contribution in [0.4, 0.5) is 0 Å². The first-order chi connectivity index (χ1) is 8.63. The molecule has 0 saturated carbocycles. The fraction of sp³-hybridized carbons (Fsp3) is 0.250. The van der Waals surface area contributed by atoms with E-state index >= 15 is 0 Å². The SMILES string of the molecule is CC(C)c1ccn(-c2cnccc2/C(N)=N/O)n1. The number of hydrogen-bond donors (Lipinski definition) is 2. The molecule has 0 aliphatic carbocycles. The molecule has 0 bridgehead atoms. The Morgan fingerprint density at radius 3 is 2.83 bits per heavy atom. The summed E-state index contributed by atoms with van der Waals surface area (Å²) in [5, 5.41) is 16.2. The molecule has 0 aliphatic rings. The molecule has 0 radical (unpaired) electrons. The number of oxime groups is 1. The zero-order valence-corrected chi connectivity index (χ0v) is 10.3. The van der Waals surface area contributed by atoms with Crippen LogP contribution in [0.5, 0.6) is 0 Å². The normalized spacial score (nSPS) is 12.1. The van der Waals surface area contributed by atoms with Crippen molar-refractivity contribution < 1.29 is 5.21 Å². The van der Waals surface area contributed by atoms with Crippen molar-refractivity contribution >= 4 is 5.84 Å². The Kier molecular flexibility index (Phi) is 3.27. The van der Waals surface area contributed by atoms with E-state index in [1.54, 1.807) is 23.1 Å². The predicted octanol–water partition coefficient (Wildman–Crippen LogP) is 1.49. The smallest absolute Gasteiger partial charge is 0.172 e. The van der Waals surface area contributed by atoms with Gasteiger partial charge in [0.2, 0.25) is 0 Å². The van der Waals surface area contributed by atoms with Crippen LogP contribution in [-0.2, 0) is 0 Å². The fourth-order valence-electron chi connectivity index (χ4n) is 1.62. The predicted molar refractivity (Wildman–Crippen MR) is 68.0 cm³/mol. The molecule has 2 rings (SSSR count). The second kappa shape index (κ2) is 4.87. The molecule has 0 aliphatic heterocycles. The van der Waals surface area contributed by atoms with Gasteiger partial charge in [-0.3, -0.25) is 4.98 Å². The van der Waals surface area contributed by atoms with Gasteiger partial charge in [-0.1, -0.05) is 19.0 Å². The number of amidine groups is 1. The van der Waals surface area contributed by atoms with Crippen LogP contribution in [0.25, 0.3) is 5.69 Å². The van der Waals surface area contributed by atoms with E-state index < -0.39 is 0 Å². The molecule has 0 amide bonds. The molecular formula is C12H15N5O. The molecule has 2 aromatic rings. The van der Waals surface area contributed by atoms with Gasteiger partial charge in [0.15, 0.2) is 5.84 Å². The van der Waals surface area contributed by atoms with E-state index in [-0.39, 0.29) is 5.84 Å². The van der Waals surface area contributed by atoms with E-state index in [4.69, 9.17) is 10.9 Å². The number of aromatic nitrogens is 3. The molecule has 0 unspecified atom stereocenters. The van der Waals surface area contributed by atoms with Crippen LogP contribution in [-0.4, -0.2) is 25.8 Å². The van der Waals surface area contributed by atoms with Crippen molar-refractivity contribution in [3.8, 4) is 5.69 Å². The Morgan fingerprint density at radius 1 is 1.44 bits per heavy atom. The quantitative estimate of drug-likeness (QED) is 0.371. The number of pyridine rings is 1. The van der Waals surface area contributed by atoms with Gasteiger partial charge in [0.05, 0.1) is 17.6 Å². The average molecular weight is 245 g/mol. The number of nitrogens with zero attached hydrogens (tertiary/aromatic N) is 4. The summed E-state index contributed by atoms with van der Waals surface area (Å²) in [6, 6.07) is 3.62. The molecular weight excluding hydrogens is 230 g/mol. The lowest BCUT2D eigenvalue weighted by atomic mass is 10.1.